The Morgan fingerprint density at radius 1 is 1.38 bits per heavy atom. The van der Waals surface area contributed by atoms with Crippen LogP contribution in [0.5, 0.6) is 5.75 Å². The van der Waals surface area contributed by atoms with Crippen molar-refractivity contribution in [2.45, 2.75) is 26.2 Å². The standard InChI is InChI=1S/C16H25N3O2/c1-3-10-21-15-11-13(6-7-14(15)17)18(2)12-16(20)19-8-4-5-9-19/h6-7,11H,3-5,8-10,12,17H2,1-2H3. The van der Waals surface area contributed by atoms with Crippen molar-refractivity contribution in [3.05, 3.63) is 18.2 Å². The minimum atomic E-state index is 0.183. The Kier molecular flexibility index (Phi) is 5.31. The van der Waals surface area contributed by atoms with Crippen molar-refractivity contribution < 1.29 is 9.53 Å². The van der Waals surface area contributed by atoms with Gasteiger partial charge in [0.2, 0.25) is 5.91 Å². The first-order valence-electron chi connectivity index (χ1n) is 7.63. The maximum absolute atomic E-state index is 12.2. The first kappa shape index (κ1) is 15.5. The molecule has 0 aromatic heterocycles. The lowest BCUT2D eigenvalue weighted by atomic mass is 10.2. The molecule has 0 atom stereocenters. The lowest BCUT2D eigenvalue weighted by molar-refractivity contribution is -0.128. The van der Waals surface area contributed by atoms with E-state index in [1.54, 1.807) is 0 Å². The third-order valence-electron chi connectivity index (χ3n) is 3.73. The van der Waals surface area contributed by atoms with Crippen LogP contribution < -0.4 is 15.4 Å². The van der Waals surface area contributed by atoms with Gasteiger partial charge in [-0.1, -0.05) is 6.92 Å². The average molecular weight is 291 g/mol. The van der Waals surface area contributed by atoms with Crippen molar-refractivity contribution in [3.8, 4) is 5.75 Å². The molecule has 1 saturated heterocycles. The maximum Gasteiger partial charge on any atom is 0.242 e. The minimum absolute atomic E-state index is 0.183. The molecular weight excluding hydrogens is 266 g/mol. The highest BCUT2D eigenvalue weighted by atomic mass is 16.5. The summed E-state index contributed by atoms with van der Waals surface area (Å²) in [5.41, 5.74) is 7.49. The Bertz CT molecular complexity index is 484. The van der Waals surface area contributed by atoms with E-state index in [4.69, 9.17) is 10.5 Å². The molecule has 2 rings (SSSR count). The molecule has 0 saturated carbocycles. The van der Waals surface area contributed by atoms with E-state index in [1.807, 2.05) is 35.0 Å². The van der Waals surface area contributed by atoms with Crippen LogP contribution >= 0.6 is 0 Å². The van der Waals surface area contributed by atoms with Crippen LogP contribution in [0.2, 0.25) is 0 Å². The second-order valence-corrected chi connectivity index (χ2v) is 5.51. The predicted octanol–water partition coefficient (Wildman–Crippen LogP) is 2.12. The highest BCUT2D eigenvalue weighted by Gasteiger charge is 2.19. The molecule has 5 heteroatoms. The number of nitrogens with two attached hydrogens (primary N) is 1. The predicted molar refractivity (Wildman–Crippen MR) is 85.7 cm³/mol. The maximum atomic E-state index is 12.2. The minimum Gasteiger partial charge on any atom is -0.491 e. The second-order valence-electron chi connectivity index (χ2n) is 5.51. The van der Waals surface area contributed by atoms with Crippen LogP contribution in [0.4, 0.5) is 11.4 Å². The van der Waals surface area contributed by atoms with E-state index in [-0.39, 0.29) is 5.91 Å². The molecule has 1 aromatic rings. The SMILES string of the molecule is CCCOc1cc(N(C)CC(=O)N2CCCC2)ccc1N. The third-order valence-corrected chi connectivity index (χ3v) is 3.73. The van der Waals surface area contributed by atoms with Crippen molar-refractivity contribution in [2.24, 2.45) is 0 Å². The van der Waals surface area contributed by atoms with E-state index in [0.29, 0.717) is 24.6 Å². The summed E-state index contributed by atoms with van der Waals surface area (Å²) in [6, 6.07) is 5.66. The van der Waals surface area contributed by atoms with Crippen LogP contribution in [0.3, 0.4) is 0 Å². The summed E-state index contributed by atoms with van der Waals surface area (Å²) in [4.78, 5) is 16.1. The molecule has 0 spiro atoms. The van der Waals surface area contributed by atoms with Gasteiger partial charge in [-0.05, 0) is 31.4 Å². The van der Waals surface area contributed by atoms with Crippen LogP contribution in [0.25, 0.3) is 0 Å². The number of nitrogen functional groups attached to an aromatic ring is 1. The molecule has 1 aromatic carbocycles. The normalized spacial score (nSPS) is 14.3. The zero-order chi connectivity index (χ0) is 15.2. The van der Waals surface area contributed by atoms with Crippen molar-refractivity contribution in [2.75, 3.05) is 43.9 Å². The zero-order valence-electron chi connectivity index (χ0n) is 13.0. The van der Waals surface area contributed by atoms with Gasteiger partial charge in [-0.2, -0.15) is 0 Å². The number of rotatable bonds is 6. The van der Waals surface area contributed by atoms with Gasteiger partial charge in [-0.25, -0.2) is 0 Å². The molecule has 0 unspecified atom stereocenters. The van der Waals surface area contributed by atoms with Gasteiger partial charge in [0.25, 0.3) is 0 Å². The van der Waals surface area contributed by atoms with E-state index in [0.717, 1.165) is 38.0 Å². The number of amides is 1. The van der Waals surface area contributed by atoms with Crippen molar-refractivity contribution in [3.63, 3.8) is 0 Å². The van der Waals surface area contributed by atoms with E-state index in [2.05, 4.69) is 6.92 Å². The summed E-state index contributed by atoms with van der Waals surface area (Å²) >= 11 is 0. The summed E-state index contributed by atoms with van der Waals surface area (Å²) in [7, 11) is 1.92. The van der Waals surface area contributed by atoms with Gasteiger partial charge in [0.1, 0.15) is 5.75 Å². The van der Waals surface area contributed by atoms with E-state index in [9.17, 15) is 4.79 Å². The zero-order valence-corrected chi connectivity index (χ0v) is 13.0. The van der Waals surface area contributed by atoms with Gasteiger partial charge in [0.15, 0.2) is 0 Å². The first-order valence-corrected chi connectivity index (χ1v) is 7.63. The lowest BCUT2D eigenvalue weighted by Crippen LogP contribution is -2.37. The molecule has 0 bridgehead atoms. The summed E-state index contributed by atoms with van der Waals surface area (Å²) in [6.07, 6.45) is 3.17. The Hall–Kier alpha value is -1.91. The third kappa shape index (κ3) is 4.03. The van der Waals surface area contributed by atoms with Gasteiger partial charge >= 0.3 is 0 Å². The van der Waals surface area contributed by atoms with Gasteiger partial charge < -0.3 is 20.3 Å². The molecule has 0 aliphatic carbocycles. The first-order chi connectivity index (χ1) is 10.1. The molecule has 1 amide bonds. The fourth-order valence-corrected chi connectivity index (χ4v) is 2.46. The fraction of sp³-hybridized carbons (Fsp3) is 0.562. The average Bonchev–Trinajstić information content (AvgIpc) is 3.00. The van der Waals surface area contributed by atoms with E-state index >= 15 is 0 Å². The van der Waals surface area contributed by atoms with Crippen LogP contribution in [0, 0.1) is 0 Å². The van der Waals surface area contributed by atoms with Crippen molar-refractivity contribution in [1.82, 2.24) is 4.90 Å². The fourth-order valence-electron chi connectivity index (χ4n) is 2.46. The Balaban J connectivity index is 2.00. The van der Waals surface area contributed by atoms with Crippen LogP contribution in [0.15, 0.2) is 18.2 Å². The van der Waals surface area contributed by atoms with Gasteiger partial charge in [-0.3, -0.25) is 4.79 Å². The van der Waals surface area contributed by atoms with Crippen LogP contribution in [0.1, 0.15) is 26.2 Å². The number of hydrogen-bond donors (Lipinski definition) is 1. The Morgan fingerprint density at radius 2 is 2.10 bits per heavy atom. The molecular formula is C16H25N3O2. The van der Waals surface area contributed by atoms with E-state index < -0.39 is 0 Å². The highest BCUT2D eigenvalue weighted by Crippen LogP contribution is 2.27. The molecule has 2 N–H and O–H groups in total. The van der Waals surface area contributed by atoms with Crippen LogP contribution in [-0.2, 0) is 4.79 Å². The number of anilines is 2. The number of likely N-dealkylation sites (N-methyl/N-ethyl adjacent to an activating group) is 1. The highest BCUT2D eigenvalue weighted by molar-refractivity contribution is 5.82. The summed E-state index contributed by atoms with van der Waals surface area (Å²) in [5.74, 6) is 0.873. The lowest BCUT2D eigenvalue weighted by Gasteiger charge is -2.23. The quantitative estimate of drug-likeness (QED) is 0.816. The molecule has 0 radical (unpaired) electrons. The molecule has 1 aliphatic rings. The Morgan fingerprint density at radius 3 is 2.76 bits per heavy atom. The van der Waals surface area contributed by atoms with Gasteiger partial charge in [-0.15, -0.1) is 0 Å². The Labute approximate surface area is 126 Å². The molecule has 1 fully saturated rings. The number of nitrogens with zero attached hydrogens (tertiary/aromatic N) is 2. The number of benzene rings is 1. The van der Waals surface area contributed by atoms with E-state index in [1.165, 1.54) is 0 Å². The number of carbonyl (C=O) groups is 1. The molecule has 1 heterocycles. The number of ether oxygens (including phenoxy) is 1. The smallest absolute Gasteiger partial charge is 0.242 e. The topological polar surface area (TPSA) is 58.8 Å². The summed E-state index contributed by atoms with van der Waals surface area (Å²) in [6.45, 7) is 4.86. The number of carbonyl (C=O) groups excluding carboxylic acids is 1. The summed E-state index contributed by atoms with van der Waals surface area (Å²) in [5, 5.41) is 0. The van der Waals surface area contributed by atoms with Crippen molar-refractivity contribution in [1.29, 1.82) is 0 Å². The van der Waals surface area contributed by atoms with Crippen molar-refractivity contribution >= 4 is 17.3 Å². The van der Waals surface area contributed by atoms with Gasteiger partial charge in [0.05, 0.1) is 18.8 Å². The second kappa shape index (κ2) is 7.20. The molecule has 21 heavy (non-hydrogen) atoms. The molecule has 5 nitrogen and oxygen atoms in total. The van der Waals surface area contributed by atoms with Gasteiger partial charge in [0, 0.05) is 31.9 Å². The monoisotopic (exact) mass is 291 g/mol. The van der Waals surface area contributed by atoms with Crippen LogP contribution in [-0.4, -0.2) is 44.1 Å². The summed E-state index contributed by atoms with van der Waals surface area (Å²) < 4.78 is 5.63. The molecule has 116 valence electrons. The number of likely N-dealkylation sites (tertiary alicyclic amines) is 1. The largest absolute Gasteiger partial charge is 0.491 e. The molecule has 1 aliphatic heterocycles. The number of hydrogen-bond acceptors (Lipinski definition) is 4.